The number of hydrogen-bond acceptors (Lipinski definition) is 4. The van der Waals surface area contributed by atoms with Gasteiger partial charge in [0.15, 0.2) is 0 Å². The van der Waals surface area contributed by atoms with Crippen molar-refractivity contribution in [2.75, 3.05) is 5.73 Å². The molecule has 1 aromatic heterocycles. The van der Waals surface area contributed by atoms with Gasteiger partial charge in [0.05, 0.1) is 6.07 Å². The number of aromatic nitrogens is 2. The fraction of sp³-hybridized carbons (Fsp3) is 0. The van der Waals surface area contributed by atoms with Crippen molar-refractivity contribution in [2.24, 2.45) is 0 Å². The molecule has 50 valence electrons. The molecule has 0 aliphatic rings. The van der Waals surface area contributed by atoms with E-state index in [1.807, 2.05) is 0 Å². The Hall–Kier alpha value is 0.480. The Morgan fingerprint density at radius 3 is 2.45 bits per heavy atom. The summed E-state index contributed by atoms with van der Waals surface area (Å²) in [5.74, 6) is -0.448. The summed E-state index contributed by atoms with van der Waals surface area (Å²) in [6, 6.07) is 0.941. The normalized spacial score (nSPS) is 7.64. The Balaban J connectivity index is 0. The average Bonchev–Trinajstić information content (AvgIpc) is 1.59. The molecule has 4 N–H and O–H groups in total. The summed E-state index contributed by atoms with van der Waals surface area (Å²) in [5.41, 5.74) is 4.57. The Labute approximate surface area is 107 Å². The van der Waals surface area contributed by atoms with Crippen LogP contribution in [0.2, 0.25) is 0 Å². The number of nitrogens with zero attached hydrogens (tertiary/aromatic N) is 1. The smallest absolute Gasteiger partial charge is 0.256 e. The van der Waals surface area contributed by atoms with Gasteiger partial charge in [-0.15, -0.1) is 0 Å². The van der Waals surface area contributed by atoms with E-state index in [9.17, 15) is 4.79 Å². The Bertz CT molecular complexity index is 251. The van der Waals surface area contributed by atoms with E-state index in [0.717, 1.165) is 6.07 Å². The standard InChI is InChI=1S/C4H5N3O2.2Na/c5-4-6-2(8)1-3(9)7-4;;/h1H,(H4,5,6,7,8,9);;. The molecule has 2 radical (unpaired) electrons. The molecule has 7 heteroatoms. The van der Waals surface area contributed by atoms with Crippen LogP contribution >= 0.6 is 0 Å². The van der Waals surface area contributed by atoms with Crippen LogP contribution < -0.4 is 11.3 Å². The van der Waals surface area contributed by atoms with Crippen LogP contribution in [0.15, 0.2) is 10.9 Å². The molecule has 0 saturated heterocycles. The predicted octanol–water partition coefficient (Wildman–Crippen LogP) is -1.70. The third-order valence-corrected chi connectivity index (χ3v) is 0.746. The Morgan fingerprint density at radius 1 is 1.55 bits per heavy atom. The summed E-state index contributed by atoms with van der Waals surface area (Å²) in [7, 11) is 0. The quantitative estimate of drug-likeness (QED) is 0.407. The first kappa shape index (κ1) is 14.0. The van der Waals surface area contributed by atoms with Crippen molar-refractivity contribution in [3.05, 3.63) is 16.4 Å². The molecule has 0 aliphatic carbocycles. The second-order valence-corrected chi connectivity index (χ2v) is 1.49. The monoisotopic (exact) mass is 173 g/mol. The van der Waals surface area contributed by atoms with Gasteiger partial charge >= 0.3 is 0 Å². The molecule has 0 aliphatic heterocycles. The minimum atomic E-state index is -0.458. The topological polar surface area (TPSA) is 92.0 Å². The van der Waals surface area contributed by atoms with E-state index in [1.165, 1.54) is 0 Å². The van der Waals surface area contributed by atoms with Crippen molar-refractivity contribution < 1.29 is 5.11 Å². The minimum absolute atomic E-state index is 0. The van der Waals surface area contributed by atoms with Crippen LogP contribution in [0.4, 0.5) is 5.95 Å². The number of H-pyrrole nitrogens is 1. The van der Waals surface area contributed by atoms with Crippen molar-refractivity contribution in [1.29, 1.82) is 0 Å². The Kier molecular flexibility index (Phi) is 7.71. The zero-order chi connectivity index (χ0) is 6.85. The minimum Gasteiger partial charge on any atom is -0.493 e. The summed E-state index contributed by atoms with van der Waals surface area (Å²) in [4.78, 5) is 15.8. The van der Waals surface area contributed by atoms with Crippen molar-refractivity contribution in [3.8, 4) is 5.88 Å². The van der Waals surface area contributed by atoms with Gasteiger partial charge in [0, 0.05) is 59.1 Å². The molecule has 5 nitrogen and oxygen atoms in total. The summed E-state index contributed by atoms with van der Waals surface area (Å²) >= 11 is 0. The van der Waals surface area contributed by atoms with Crippen LogP contribution in [0, 0.1) is 0 Å². The molecule has 1 heterocycles. The zero-order valence-corrected chi connectivity index (χ0v) is 10.5. The number of nitrogens with one attached hydrogen (secondary N) is 1. The van der Waals surface area contributed by atoms with E-state index in [-0.39, 0.29) is 70.9 Å². The zero-order valence-electron chi connectivity index (χ0n) is 6.46. The molecule has 0 saturated carbocycles. The van der Waals surface area contributed by atoms with Gasteiger partial charge in [-0.25, -0.2) is 0 Å². The van der Waals surface area contributed by atoms with Gasteiger partial charge < -0.3 is 10.8 Å². The third-order valence-electron chi connectivity index (χ3n) is 0.746. The number of rotatable bonds is 0. The maximum atomic E-state index is 10.4. The van der Waals surface area contributed by atoms with Crippen molar-refractivity contribution in [2.45, 2.75) is 0 Å². The fourth-order valence-corrected chi connectivity index (χ4v) is 0.463. The van der Waals surface area contributed by atoms with Crippen molar-refractivity contribution in [3.63, 3.8) is 0 Å². The molecule has 0 bridgehead atoms. The van der Waals surface area contributed by atoms with E-state index in [0.29, 0.717) is 0 Å². The largest absolute Gasteiger partial charge is 0.493 e. The molecule has 0 amide bonds. The van der Waals surface area contributed by atoms with E-state index in [1.54, 1.807) is 0 Å². The van der Waals surface area contributed by atoms with Gasteiger partial charge in [0.25, 0.3) is 5.56 Å². The van der Waals surface area contributed by atoms with Gasteiger partial charge in [-0.1, -0.05) is 0 Å². The SMILES string of the molecule is Nc1nc(O)cc(=O)[nH]1.[Na].[Na]. The van der Waals surface area contributed by atoms with E-state index >= 15 is 0 Å². The first-order chi connectivity index (χ1) is 4.18. The fourth-order valence-electron chi connectivity index (χ4n) is 0.463. The number of aromatic hydroxyl groups is 1. The van der Waals surface area contributed by atoms with Crippen LogP contribution in [0.3, 0.4) is 0 Å². The Morgan fingerprint density at radius 2 is 2.09 bits per heavy atom. The average molecular weight is 173 g/mol. The van der Waals surface area contributed by atoms with E-state index in [2.05, 4.69) is 9.97 Å². The van der Waals surface area contributed by atoms with Crippen LogP contribution in [-0.4, -0.2) is 74.2 Å². The van der Waals surface area contributed by atoms with Gasteiger partial charge in [0.2, 0.25) is 11.8 Å². The summed E-state index contributed by atoms with van der Waals surface area (Å²) in [6.07, 6.45) is 0. The molecule has 0 aromatic carbocycles. The number of aromatic amines is 1. The van der Waals surface area contributed by atoms with Crippen LogP contribution in [0.1, 0.15) is 0 Å². The van der Waals surface area contributed by atoms with E-state index in [4.69, 9.17) is 10.8 Å². The first-order valence-corrected chi connectivity index (χ1v) is 2.24. The second kappa shape index (κ2) is 6.05. The maximum absolute atomic E-state index is 10.4. The third kappa shape index (κ3) is 4.84. The molecular formula is C4H5N3Na2O2. The van der Waals surface area contributed by atoms with Crippen molar-refractivity contribution in [1.82, 2.24) is 9.97 Å². The molecule has 1 aromatic rings. The molecular weight excluding hydrogens is 168 g/mol. The number of hydrogen-bond donors (Lipinski definition) is 3. The van der Waals surface area contributed by atoms with Crippen LogP contribution in [0.25, 0.3) is 0 Å². The number of anilines is 1. The van der Waals surface area contributed by atoms with Crippen LogP contribution in [-0.2, 0) is 0 Å². The molecule has 0 spiro atoms. The summed E-state index contributed by atoms with van der Waals surface area (Å²) in [5, 5.41) is 8.58. The summed E-state index contributed by atoms with van der Waals surface area (Å²) < 4.78 is 0. The molecule has 0 fully saturated rings. The molecule has 1 rings (SSSR count). The molecule has 0 atom stereocenters. The van der Waals surface area contributed by atoms with Gasteiger partial charge in [-0.3, -0.25) is 9.78 Å². The van der Waals surface area contributed by atoms with Crippen molar-refractivity contribution >= 4 is 65.1 Å². The first-order valence-electron chi connectivity index (χ1n) is 2.24. The summed E-state index contributed by atoms with van der Waals surface area (Å²) in [6.45, 7) is 0. The van der Waals surface area contributed by atoms with Gasteiger partial charge in [-0.05, 0) is 0 Å². The number of nitrogens with two attached hydrogens (primary N) is 1. The van der Waals surface area contributed by atoms with Gasteiger partial charge in [-0.2, -0.15) is 4.98 Å². The molecule has 0 unspecified atom stereocenters. The van der Waals surface area contributed by atoms with E-state index < -0.39 is 5.56 Å². The second-order valence-electron chi connectivity index (χ2n) is 1.49. The molecule has 11 heavy (non-hydrogen) atoms. The predicted molar refractivity (Wildman–Crippen MR) is 42.4 cm³/mol. The van der Waals surface area contributed by atoms with Gasteiger partial charge in [0.1, 0.15) is 0 Å². The number of nitrogen functional groups attached to an aromatic ring is 1. The maximum Gasteiger partial charge on any atom is 0.256 e. The van der Waals surface area contributed by atoms with Crippen LogP contribution in [0.5, 0.6) is 5.88 Å².